The Hall–Kier alpha value is -2.57. The first-order valence-electron chi connectivity index (χ1n) is 9.55. The summed E-state index contributed by atoms with van der Waals surface area (Å²) in [7, 11) is 0. The molecule has 0 aliphatic carbocycles. The van der Waals surface area contributed by atoms with E-state index in [1.165, 1.54) is 24.6 Å². The molecular formula is C22H23N3O2S. The Labute approximate surface area is 169 Å². The van der Waals surface area contributed by atoms with Crippen LogP contribution in [0.5, 0.6) is 0 Å². The number of nitrogens with one attached hydrogen (secondary N) is 1. The van der Waals surface area contributed by atoms with E-state index in [1.54, 1.807) is 18.5 Å². The minimum Gasteiger partial charge on any atom is -0.468 e. The number of aromatic nitrogens is 1. The zero-order valence-electron chi connectivity index (χ0n) is 15.6. The van der Waals surface area contributed by atoms with E-state index in [0.717, 1.165) is 23.7 Å². The molecule has 6 heteroatoms. The highest BCUT2D eigenvalue weighted by atomic mass is 32.2. The summed E-state index contributed by atoms with van der Waals surface area (Å²) < 4.78 is 5.64. The molecule has 1 aromatic carbocycles. The lowest BCUT2D eigenvalue weighted by atomic mass is 10.2. The molecule has 0 bridgehead atoms. The topological polar surface area (TPSA) is 58.4 Å². The van der Waals surface area contributed by atoms with Gasteiger partial charge in [-0.1, -0.05) is 30.0 Å². The van der Waals surface area contributed by atoms with Crippen molar-refractivity contribution in [3.8, 4) is 0 Å². The maximum absolute atomic E-state index is 12.9. The number of likely N-dealkylation sites (tertiary alicyclic amines) is 1. The van der Waals surface area contributed by atoms with Crippen molar-refractivity contribution in [2.75, 3.05) is 19.6 Å². The van der Waals surface area contributed by atoms with Crippen LogP contribution in [0.25, 0.3) is 0 Å². The van der Waals surface area contributed by atoms with Gasteiger partial charge in [0.15, 0.2) is 0 Å². The predicted molar refractivity (Wildman–Crippen MR) is 109 cm³/mol. The van der Waals surface area contributed by atoms with Crippen molar-refractivity contribution >= 4 is 17.7 Å². The molecule has 1 N–H and O–H groups in total. The van der Waals surface area contributed by atoms with E-state index in [9.17, 15) is 4.79 Å². The monoisotopic (exact) mass is 393 g/mol. The number of nitrogens with zero attached hydrogens (tertiary/aromatic N) is 2. The van der Waals surface area contributed by atoms with Gasteiger partial charge in [0.2, 0.25) is 0 Å². The normalized spacial score (nSPS) is 15.4. The molecule has 2 aromatic heterocycles. The number of rotatable bonds is 7. The van der Waals surface area contributed by atoms with Gasteiger partial charge in [-0.2, -0.15) is 0 Å². The lowest BCUT2D eigenvalue weighted by Crippen LogP contribution is -2.36. The Morgan fingerprint density at radius 3 is 2.68 bits per heavy atom. The standard InChI is InChI=1S/C22H23N3O2S/c26-21(18-10-6-12-23-22(18)28-17-8-2-1-3-9-17)24-16-19(20-11-7-15-27-20)25-13-4-5-14-25/h1-3,6-12,15,19H,4-5,13-14,16H2,(H,24,26)/t19-/m1/s1. The molecule has 1 saturated heterocycles. The summed E-state index contributed by atoms with van der Waals surface area (Å²) in [5.41, 5.74) is 0.593. The lowest BCUT2D eigenvalue weighted by molar-refractivity contribution is 0.0930. The molecule has 28 heavy (non-hydrogen) atoms. The van der Waals surface area contributed by atoms with E-state index in [0.29, 0.717) is 17.1 Å². The molecule has 3 heterocycles. The molecule has 3 aromatic rings. The van der Waals surface area contributed by atoms with Gasteiger partial charge in [0, 0.05) is 17.6 Å². The van der Waals surface area contributed by atoms with Gasteiger partial charge in [0.25, 0.3) is 5.91 Å². The number of hydrogen-bond acceptors (Lipinski definition) is 5. The summed E-state index contributed by atoms with van der Waals surface area (Å²) >= 11 is 1.50. The Morgan fingerprint density at radius 2 is 1.93 bits per heavy atom. The molecule has 0 spiro atoms. The molecule has 0 saturated carbocycles. The highest BCUT2D eigenvalue weighted by Gasteiger charge is 2.26. The zero-order chi connectivity index (χ0) is 19.2. The van der Waals surface area contributed by atoms with Crippen molar-refractivity contribution in [2.24, 2.45) is 0 Å². The van der Waals surface area contributed by atoms with Crippen molar-refractivity contribution < 1.29 is 9.21 Å². The Morgan fingerprint density at radius 1 is 1.11 bits per heavy atom. The van der Waals surface area contributed by atoms with Crippen molar-refractivity contribution in [3.05, 3.63) is 78.4 Å². The van der Waals surface area contributed by atoms with Crippen LogP contribution in [-0.2, 0) is 0 Å². The van der Waals surface area contributed by atoms with E-state index in [-0.39, 0.29) is 11.9 Å². The van der Waals surface area contributed by atoms with Gasteiger partial charge in [-0.05, 0) is 62.3 Å². The quantitative estimate of drug-likeness (QED) is 0.645. The number of furan rings is 1. The molecule has 4 rings (SSSR count). The summed E-state index contributed by atoms with van der Waals surface area (Å²) in [4.78, 5) is 20.8. The molecule has 1 aliphatic rings. The van der Waals surface area contributed by atoms with Crippen LogP contribution in [0.1, 0.15) is 35.0 Å². The molecule has 144 valence electrons. The maximum atomic E-state index is 12.9. The number of benzene rings is 1. The molecule has 1 fully saturated rings. The van der Waals surface area contributed by atoms with E-state index in [1.807, 2.05) is 48.5 Å². The average molecular weight is 394 g/mol. The first-order chi connectivity index (χ1) is 13.8. The van der Waals surface area contributed by atoms with E-state index < -0.39 is 0 Å². The molecule has 5 nitrogen and oxygen atoms in total. The number of pyridine rings is 1. The molecule has 1 amide bonds. The zero-order valence-corrected chi connectivity index (χ0v) is 16.4. The van der Waals surface area contributed by atoms with Crippen LogP contribution in [0.4, 0.5) is 0 Å². The second-order valence-electron chi connectivity index (χ2n) is 6.76. The first-order valence-corrected chi connectivity index (χ1v) is 10.4. The second kappa shape index (κ2) is 9.08. The summed E-state index contributed by atoms with van der Waals surface area (Å²) in [5.74, 6) is 0.787. The molecule has 1 aliphatic heterocycles. The Bertz CT molecular complexity index is 893. The van der Waals surface area contributed by atoms with Gasteiger partial charge in [-0.15, -0.1) is 0 Å². The van der Waals surface area contributed by atoms with Gasteiger partial charge in [-0.25, -0.2) is 4.98 Å². The van der Waals surface area contributed by atoms with Crippen molar-refractivity contribution in [2.45, 2.75) is 28.8 Å². The molecule has 0 radical (unpaired) electrons. The lowest BCUT2D eigenvalue weighted by Gasteiger charge is -2.26. The fraction of sp³-hybridized carbons (Fsp3) is 0.273. The smallest absolute Gasteiger partial charge is 0.254 e. The first kappa shape index (κ1) is 18.8. The van der Waals surface area contributed by atoms with Gasteiger partial charge in [0.05, 0.1) is 17.9 Å². The number of hydrogen-bond donors (Lipinski definition) is 1. The third-order valence-corrected chi connectivity index (χ3v) is 5.91. The summed E-state index contributed by atoms with van der Waals surface area (Å²) in [6.07, 6.45) is 5.78. The third-order valence-electron chi connectivity index (χ3n) is 4.88. The van der Waals surface area contributed by atoms with Crippen LogP contribution in [0.15, 0.2) is 81.4 Å². The van der Waals surface area contributed by atoms with Crippen LogP contribution in [-0.4, -0.2) is 35.4 Å². The predicted octanol–water partition coefficient (Wildman–Crippen LogP) is 4.39. The van der Waals surface area contributed by atoms with Crippen LogP contribution >= 0.6 is 11.8 Å². The number of carbonyl (C=O) groups excluding carboxylic acids is 1. The van der Waals surface area contributed by atoms with Gasteiger partial charge < -0.3 is 9.73 Å². The average Bonchev–Trinajstić information content (AvgIpc) is 3.44. The highest BCUT2D eigenvalue weighted by Crippen LogP contribution is 2.29. The van der Waals surface area contributed by atoms with Crippen molar-refractivity contribution in [1.29, 1.82) is 0 Å². The largest absolute Gasteiger partial charge is 0.468 e. The Balaban J connectivity index is 1.47. The Kier molecular flexibility index (Phi) is 6.09. The third kappa shape index (κ3) is 4.46. The molecular weight excluding hydrogens is 370 g/mol. The van der Waals surface area contributed by atoms with Crippen LogP contribution in [0, 0.1) is 0 Å². The van der Waals surface area contributed by atoms with Gasteiger partial charge in [-0.3, -0.25) is 9.69 Å². The van der Waals surface area contributed by atoms with Gasteiger partial charge in [0.1, 0.15) is 10.8 Å². The van der Waals surface area contributed by atoms with Crippen molar-refractivity contribution in [3.63, 3.8) is 0 Å². The molecule has 1 atom stereocenters. The van der Waals surface area contributed by atoms with Crippen LogP contribution in [0.2, 0.25) is 0 Å². The minimum absolute atomic E-state index is 0.0587. The minimum atomic E-state index is -0.109. The van der Waals surface area contributed by atoms with E-state index in [2.05, 4.69) is 15.2 Å². The number of carbonyl (C=O) groups is 1. The highest BCUT2D eigenvalue weighted by molar-refractivity contribution is 7.99. The van der Waals surface area contributed by atoms with E-state index >= 15 is 0 Å². The van der Waals surface area contributed by atoms with Crippen molar-refractivity contribution in [1.82, 2.24) is 15.2 Å². The summed E-state index contributed by atoms with van der Waals surface area (Å²) in [6, 6.07) is 17.5. The SMILES string of the molecule is O=C(NC[C@H](c1ccco1)N1CCCC1)c1cccnc1Sc1ccccc1. The fourth-order valence-electron chi connectivity index (χ4n) is 3.47. The maximum Gasteiger partial charge on any atom is 0.254 e. The van der Waals surface area contributed by atoms with Gasteiger partial charge >= 0.3 is 0 Å². The van der Waals surface area contributed by atoms with E-state index in [4.69, 9.17) is 4.42 Å². The van der Waals surface area contributed by atoms with Crippen LogP contribution in [0.3, 0.4) is 0 Å². The molecule has 0 unspecified atom stereocenters. The second-order valence-corrected chi connectivity index (χ2v) is 7.82. The summed E-state index contributed by atoms with van der Waals surface area (Å²) in [5, 5.41) is 3.81. The fourth-order valence-corrected chi connectivity index (χ4v) is 4.37. The summed E-state index contributed by atoms with van der Waals surface area (Å²) in [6.45, 7) is 2.57. The number of amides is 1. The van der Waals surface area contributed by atoms with Crippen LogP contribution < -0.4 is 5.32 Å².